The summed E-state index contributed by atoms with van der Waals surface area (Å²) in [5, 5.41) is 3.14. The Hall–Kier alpha value is -1.96. The van der Waals surface area contributed by atoms with Gasteiger partial charge in [-0.15, -0.1) is 0 Å². The second-order valence-electron chi connectivity index (χ2n) is 5.62. The van der Waals surface area contributed by atoms with Crippen molar-refractivity contribution in [2.45, 2.75) is 20.3 Å². The third-order valence-electron chi connectivity index (χ3n) is 3.51. The van der Waals surface area contributed by atoms with Crippen LogP contribution in [0.5, 0.6) is 0 Å². The maximum absolute atomic E-state index is 3.14. The van der Waals surface area contributed by atoms with Crippen LogP contribution in [-0.4, -0.2) is 14.1 Å². The molecule has 0 bridgehead atoms. The molecule has 0 aliphatic carbocycles. The normalized spacial score (nSPS) is 10.7. The molecule has 2 aromatic carbocycles. The second kappa shape index (κ2) is 6.47. The van der Waals surface area contributed by atoms with Gasteiger partial charge in [-0.25, -0.2) is 0 Å². The average molecular weight is 268 g/mol. The fraction of sp³-hybridized carbons (Fsp3) is 0.333. The van der Waals surface area contributed by atoms with Gasteiger partial charge in [-0.3, -0.25) is 0 Å². The molecule has 106 valence electrons. The van der Waals surface area contributed by atoms with Gasteiger partial charge in [0.25, 0.3) is 0 Å². The first-order chi connectivity index (χ1) is 9.60. The summed E-state index contributed by atoms with van der Waals surface area (Å²) in [6.07, 6.45) is 1.14. The standard InChI is InChI=1S/C18H24N2/c1-14(2)13-15-5-9-17(10-6-15)20(4)18-11-7-16(19-3)8-12-18/h5-12,14,19H,13H2,1-4H3. The first-order valence-corrected chi connectivity index (χ1v) is 7.20. The van der Waals surface area contributed by atoms with Crippen molar-refractivity contribution in [3.05, 3.63) is 54.1 Å². The van der Waals surface area contributed by atoms with Crippen LogP contribution in [0.2, 0.25) is 0 Å². The van der Waals surface area contributed by atoms with E-state index in [9.17, 15) is 0 Å². The second-order valence-corrected chi connectivity index (χ2v) is 5.62. The Morgan fingerprint density at radius 3 is 1.85 bits per heavy atom. The van der Waals surface area contributed by atoms with Crippen LogP contribution in [0.15, 0.2) is 48.5 Å². The molecule has 0 spiro atoms. The van der Waals surface area contributed by atoms with Gasteiger partial charge >= 0.3 is 0 Å². The zero-order chi connectivity index (χ0) is 14.5. The molecule has 2 rings (SSSR count). The molecular formula is C18H24N2. The molecule has 2 nitrogen and oxygen atoms in total. The first-order valence-electron chi connectivity index (χ1n) is 7.20. The summed E-state index contributed by atoms with van der Waals surface area (Å²) >= 11 is 0. The van der Waals surface area contributed by atoms with Crippen molar-refractivity contribution >= 4 is 17.1 Å². The van der Waals surface area contributed by atoms with Crippen molar-refractivity contribution in [1.82, 2.24) is 0 Å². The molecule has 0 fully saturated rings. The van der Waals surface area contributed by atoms with E-state index in [4.69, 9.17) is 0 Å². The molecular weight excluding hydrogens is 244 g/mol. The molecule has 1 N–H and O–H groups in total. The number of benzene rings is 2. The van der Waals surface area contributed by atoms with Crippen molar-refractivity contribution < 1.29 is 0 Å². The minimum atomic E-state index is 0.702. The molecule has 0 heterocycles. The quantitative estimate of drug-likeness (QED) is 0.846. The number of nitrogens with zero attached hydrogens (tertiary/aromatic N) is 1. The van der Waals surface area contributed by atoms with Crippen molar-refractivity contribution in [2.75, 3.05) is 24.3 Å². The molecule has 0 atom stereocenters. The third-order valence-corrected chi connectivity index (χ3v) is 3.51. The van der Waals surface area contributed by atoms with E-state index in [-0.39, 0.29) is 0 Å². The highest BCUT2D eigenvalue weighted by atomic mass is 15.1. The lowest BCUT2D eigenvalue weighted by molar-refractivity contribution is 0.647. The van der Waals surface area contributed by atoms with Crippen LogP contribution < -0.4 is 10.2 Å². The maximum atomic E-state index is 3.14. The Morgan fingerprint density at radius 1 is 0.900 bits per heavy atom. The zero-order valence-electron chi connectivity index (χ0n) is 12.9. The summed E-state index contributed by atoms with van der Waals surface area (Å²) in [6.45, 7) is 4.51. The summed E-state index contributed by atoms with van der Waals surface area (Å²) in [6, 6.07) is 17.3. The van der Waals surface area contributed by atoms with Crippen LogP contribution in [-0.2, 0) is 6.42 Å². The van der Waals surface area contributed by atoms with Gasteiger partial charge in [-0.05, 0) is 54.3 Å². The van der Waals surface area contributed by atoms with Gasteiger partial charge in [0.15, 0.2) is 0 Å². The Kier molecular flexibility index (Phi) is 4.67. The molecule has 0 radical (unpaired) electrons. The highest BCUT2D eigenvalue weighted by Gasteiger charge is 2.04. The van der Waals surface area contributed by atoms with E-state index in [1.165, 1.54) is 16.9 Å². The van der Waals surface area contributed by atoms with E-state index in [0.717, 1.165) is 12.1 Å². The maximum Gasteiger partial charge on any atom is 0.0409 e. The van der Waals surface area contributed by atoms with Gasteiger partial charge in [0.2, 0.25) is 0 Å². The van der Waals surface area contributed by atoms with Crippen molar-refractivity contribution in [2.24, 2.45) is 5.92 Å². The highest BCUT2D eigenvalue weighted by molar-refractivity contribution is 5.64. The van der Waals surface area contributed by atoms with Crippen LogP contribution in [0, 0.1) is 5.92 Å². The number of rotatable bonds is 5. The number of anilines is 3. The van der Waals surface area contributed by atoms with E-state index in [1.807, 2.05) is 7.05 Å². The van der Waals surface area contributed by atoms with Gasteiger partial charge in [-0.2, -0.15) is 0 Å². The van der Waals surface area contributed by atoms with Crippen molar-refractivity contribution in [3.8, 4) is 0 Å². The molecule has 0 saturated carbocycles. The van der Waals surface area contributed by atoms with E-state index in [2.05, 4.69) is 79.6 Å². The molecule has 2 heteroatoms. The summed E-state index contributed by atoms with van der Waals surface area (Å²) in [5.41, 5.74) is 4.95. The Bertz CT molecular complexity index is 526. The summed E-state index contributed by atoms with van der Waals surface area (Å²) in [5.74, 6) is 0.702. The van der Waals surface area contributed by atoms with Gasteiger partial charge in [-0.1, -0.05) is 26.0 Å². The van der Waals surface area contributed by atoms with E-state index >= 15 is 0 Å². The van der Waals surface area contributed by atoms with E-state index in [0.29, 0.717) is 5.92 Å². The smallest absolute Gasteiger partial charge is 0.0409 e. The Labute approximate surface area is 122 Å². The first kappa shape index (κ1) is 14.4. The van der Waals surface area contributed by atoms with Crippen LogP contribution in [0.25, 0.3) is 0 Å². The minimum absolute atomic E-state index is 0.702. The van der Waals surface area contributed by atoms with Crippen LogP contribution in [0.3, 0.4) is 0 Å². The molecule has 20 heavy (non-hydrogen) atoms. The molecule has 0 amide bonds. The molecule has 0 aromatic heterocycles. The summed E-state index contributed by atoms with van der Waals surface area (Å²) in [4.78, 5) is 2.21. The van der Waals surface area contributed by atoms with Crippen molar-refractivity contribution in [3.63, 3.8) is 0 Å². The minimum Gasteiger partial charge on any atom is -0.388 e. The van der Waals surface area contributed by atoms with E-state index < -0.39 is 0 Å². The lowest BCUT2D eigenvalue weighted by Crippen LogP contribution is -2.09. The third kappa shape index (κ3) is 3.53. The number of nitrogens with one attached hydrogen (secondary N) is 1. The molecule has 0 aliphatic heterocycles. The van der Waals surface area contributed by atoms with Gasteiger partial charge in [0.05, 0.1) is 0 Å². The molecule has 0 saturated heterocycles. The number of hydrogen-bond acceptors (Lipinski definition) is 2. The zero-order valence-corrected chi connectivity index (χ0v) is 12.9. The van der Waals surface area contributed by atoms with Crippen LogP contribution in [0.1, 0.15) is 19.4 Å². The molecule has 2 aromatic rings. The van der Waals surface area contributed by atoms with Crippen LogP contribution >= 0.6 is 0 Å². The summed E-state index contributed by atoms with van der Waals surface area (Å²) in [7, 11) is 4.04. The van der Waals surface area contributed by atoms with Gasteiger partial charge in [0, 0.05) is 31.2 Å². The predicted molar refractivity (Wildman–Crippen MR) is 89.0 cm³/mol. The molecule has 0 unspecified atom stereocenters. The fourth-order valence-corrected chi connectivity index (χ4v) is 2.33. The van der Waals surface area contributed by atoms with Gasteiger partial charge < -0.3 is 10.2 Å². The topological polar surface area (TPSA) is 15.3 Å². The Morgan fingerprint density at radius 2 is 1.40 bits per heavy atom. The lowest BCUT2D eigenvalue weighted by Gasteiger charge is -2.20. The SMILES string of the molecule is CNc1ccc(N(C)c2ccc(CC(C)C)cc2)cc1. The van der Waals surface area contributed by atoms with Gasteiger partial charge in [0.1, 0.15) is 0 Å². The number of hydrogen-bond donors (Lipinski definition) is 1. The highest BCUT2D eigenvalue weighted by Crippen LogP contribution is 2.25. The largest absolute Gasteiger partial charge is 0.388 e. The summed E-state index contributed by atoms with van der Waals surface area (Å²) < 4.78 is 0. The lowest BCUT2D eigenvalue weighted by atomic mass is 10.0. The predicted octanol–water partition coefficient (Wildman–Crippen LogP) is 4.69. The Balaban J connectivity index is 2.13. The van der Waals surface area contributed by atoms with E-state index in [1.54, 1.807) is 0 Å². The monoisotopic (exact) mass is 268 g/mol. The van der Waals surface area contributed by atoms with Crippen molar-refractivity contribution in [1.29, 1.82) is 0 Å². The molecule has 0 aliphatic rings. The van der Waals surface area contributed by atoms with Crippen LogP contribution in [0.4, 0.5) is 17.1 Å². The fourth-order valence-electron chi connectivity index (χ4n) is 2.33. The average Bonchev–Trinajstić information content (AvgIpc) is 2.47.